The zero-order valence-electron chi connectivity index (χ0n) is 12.4. The van der Waals surface area contributed by atoms with Gasteiger partial charge in [-0.1, -0.05) is 11.8 Å². The van der Waals surface area contributed by atoms with E-state index in [1.165, 1.54) is 0 Å². The number of hydrogen-bond acceptors (Lipinski definition) is 7. The van der Waals surface area contributed by atoms with Crippen molar-refractivity contribution in [2.45, 2.75) is 37.1 Å². The molecule has 1 aromatic heterocycles. The van der Waals surface area contributed by atoms with E-state index in [1.807, 2.05) is 0 Å². The molecule has 0 unspecified atom stereocenters. The fourth-order valence-corrected chi connectivity index (χ4v) is 2.88. The molecule has 0 saturated heterocycles. The highest BCUT2D eigenvalue weighted by Gasteiger charge is 2.40. The third-order valence-corrected chi connectivity index (χ3v) is 4.27. The van der Waals surface area contributed by atoms with Crippen LogP contribution in [-0.4, -0.2) is 50.3 Å². The second-order valence-electron chi connectivity index (χ2n) is 5.34. The summed E-state index contributed by atoms with van der Waals surface area (Å²) in [5.41, 5.74) is 10.8. The molecule has 7 nitrogen and oxygen atoms in total. The summed E-state index contributed by atoms with van der Waals surface area (Å²) >= 11 is 0.880. The van der Waals surface area contributed by atoms with Crippen LogP contribution in [0.3, 0.4) is 0 Å². The van der Waals surface area contributed by atoms with E-state index in [1.54, 1.807) is 6.92 Å². The molecule has 0 bridgehead atoms. The summed E-state index contributed by atoms with van der Waals surface area (Å²) in [5, 5.41) is 0.106. The van der Waals surface area contributed by atoms with Gasteiger partial charge in [0.1, 0.15) is 6.54 Å². The first-order valence-electron chi connectivity index (χ1n) is 6.92. The van der Waals surface area contributed by atoms with Crippen LogP contribution in [0.2, 0.25) is 0 Å². The number of hydrogen-bond donors (Lipinski definition) is 2. The SMILES string of the molecule is C[C@H](C1CC1)N(CC(F)(F)F)C(=O)CSc1nc(N)nc(N)n1. The molecule has 1 aliphatic rings. The molecule has 1 heterocycles. The lowest BCUT2D eigenvalue weighted by atomic mass is 10.2. The van der Waals surface area contributed by atoms with Gasteiger partial charge in [-0.15, -0.1) is 0 Å². The Balaban J connectivity index is 2.01. The third-order valence-electron chi connectivity index (χ3n) is 3.44. The van der Waals surface area contributed by atoms with E-state index in [4.69, 9.17) is 11.5 Å². The summed E-state index contributed by atoms with van der Waals surface area (Å²) in [7, 11) is 0. The molecule has 4 N–H and O–H groups in total. The van der Waals surface area contributed by atoms with Gasteiger partial charge in [0.2, 0.25) is 17.8 Å². The monoisotopic (exact) mass is 350 g/mol. The lowest BCUT2D eigenvalue weighted by molar-refractivity contribution is -0.164. The number of carbonyl (C=O) groups excluding carboxylic acids is 1. The van der Waals surface area contributed by atoms with Gasteiger partial charge in [0.15, 0.2) is 5.16 Å². The van der Waals surface area contributed by atoms with Crippen molar-refractivity contribution in [3.05, 3.63) is 0 Å². The second kappa shape index (κ2) is 6.77. The molecule has 11 heteroatoms. The molecule has 0 aromatic carbocycles. The Morgan fingerprint density at radius 1 is 1.30 bits per heavy atom. The molecule has 2 rings (SSSR count). The maximum atomic E-state index is 12.7. The average molecular weight is 350 g/mol. The number of halogens is 3. The van der Waals surface area contributed by atoms with Crippen LogP contribution in [0.1, 0.15) is 19.8 Å². The lowest BCUT2D eigenvalue weighted by Crippen LogP contribution is -2.46. The number of aromatic nitrogens is 3. The molecule has 0 spiro atoms. The normalized spacial score (nSPS) is 16.2. The van der Waals surface area contributed by atoms with E-state index in [9.17, 15) is 18.0 Å². The first-order valence-corrected chi connectivity index (χ1v) is 7.90. The molecule has 128 valence electrons. The zero-order chi connectivity index (χ0) is 17.2. The summed E-state index contributed by atoms with van der Waals surface area (Å²) in [4.78, 5) is 24.2. The van der Waals surface area contributed by atoms with E-state index in [0.29, 0.717) is 0 Å². The Kier molecular flexibility index (Phi) is 5.17. The highest BCUT2D eigenvalue weighted by atomic mass is 32.2. The smallest absolute Gasteiger partial charge is 0.368 e. The molecule has 0 radical (unpaired) electrons. The summed E-state index contributed by atoms with van der Waals surface area (Å²) in [5.74, 6) is -0.924. The molecular weight excluding hydrogens is 333 g/mol. The number of nitrogens with two attached hydrogens (primary N) is 2. The summed E-state index contributed by atoms with van der Waals surface area (Å²) in [6, 6.07) is -0.446. The van der Waals surface area contributed by atoms with E-state index in [-0.39, 0.29) is 28.7 Å². The van der Waals surface area contributed by atoms with E-state index in [2.05, 4.69) is 15.0 Å². The number of carbonyl (C=O) groups is 1. The fourth-order valence-electron chi connectivity index (χ4n) is 2.15. The van der Waals surface area contributed by atoms with E-state index < -0.39 is 24.7 Å². The molecule has 1 aromatic rings. The number of alkyl halides is 3. The fraction of sp³-hybridized carbons (Fsp3) is 0.667. The van der Waals surface area contributed by atoms with Gasteiger partial charge in [-0.05, 0) is 25.7 Å². The van der Waals surface area contributed by atoms with Crippen molar-refractivity contribution in [1.82, 2.24) is 19.9 Å². The van der Waals surface area contributed by atoms with Gasteiger partial charge in [-0.2, -0.15) is 28.1 Å². The van der Waals surface area contributed by atoms with Gasteiger partial charge in [0.25, 0.3) is 0 Å². The van der Waals surface area contributed by atoms with Gasteiger partial charge in [0, 0.05) is 6.04 Å². The largest absolute Gasteiger partial charge is 0.406 e. The topological polar surface area (TPSA) is 111 Å². The maximum Gasteiger partial charge on any atom is 0.406 e. The van der Waals surface area contributed by atoms with Crippen molar-refractivity contribution < 1.29 is 18.0 Å². The number of rotatable bonds is 6. The van der Waals surface area contributed by atoms with Gasteiger partial charge < -0.3 is 16.4 Å². The Labute approximate surface area is 135 Å². The predicted molar refractivity (Wildman–Crippen MR) is 79.3 cm³/mol. The average Bonchev–Trinajstić information content (AvgIpc) is 3.24. The van der Waals surface area contributed by atoms with Crippen molar-refractivity contribution >= 4 is 29.6 Å². The van der Waals surface area contributed by atoms with Crippen LogP contribution in [0.4, 0.5) is 25.1 Å². The third kappa shape index (κ3) is 5.41. The van der Waals surface area contributed by atoms with Crippen LogP contribution >= 0.6 is 11.8 Å². The van der Waals surface area contributed by atoms with Crippen LogP contribution in [0.5, 0.6) is 0 Å². The van der Waals surface area contributed by atoms with E-state index >= 15 is 0 Å². The predicted octanol–water partition coefficient (Wildman–Crippen LogP) is 1.32. The highest BCUT2D eigenvalue weighted by Crippen LogP contribution is 2.36. The quantitative estimate of drug-likeness (QED) is 0.744. The van der Waals surface area contributed by atoms with Crippen molar-refractivity contribution in [2.75, 3.05) is 23.8 Å². The van der Waals surface area contributed by atoms with Gasteiger partial charge >= 0.3 is 6.18 Å². The standard InChI is InChI=1S/C12H17F3N6OS/c1-6(7-2-3-7)21(5-12(13,14)15)8(22)4-23-11-19-9(16)18-10(17)20-11/h6-7H,2-5H2,1H3,(H4,16,17,18,19,20)/t6-/m1/s1. The van der Waals surface area contributed by atoms with Gasteiger partial charge in [0.05, 0.1) is 5.75 Å². The van der Waals surface area contributed by atoms with Crippen LogP contribution in [0, 0.1) is 5.92 Å². The molecule has 1 saturated carbocycles. The second-order valence-corrected chi connectivity index (χ2v) is 6.28. The number of amides is 1. The number of thioether (sulfide) groups is 1. The summed E-state index contributed by atoms with van der Waals surface area (Å²) in [6.45, 7) is 0.385. The minimum absolute atomic E-state index is 0.106. The van der Waals surface area contributed by atoms with Gasteiger partial charge in [-0.25, -0.2) is 0 Å². The van der Waals surface area contributed by atoms with Crippen LogP contribution < -0.4 is 11.5 Å². The minimum Gasteiger partial charge on any atom is -0.368 e. The Hall–Kier alpha value is -1.78. The van der Waals surface area contributed by atoms with Crippen LogP contribution in [0.25, 0.3) is 0 Å². The van der Waals surface area contributed by atoms with Gasteiger partial charge in [-0.3, -0.25) is 4.79 Å². The zero-order valence-corrected chi connectivity index (χ0v) is 13.2. The maximum absolute atomic E-state index is 12.7. The summed E-state index contributed by atoms with van der Waals surface area (Å²) in [6.07, 6.45) is -2.75. The molecule has 23 heavy (non-hydrogen) atoms. The minimum atomic E-state index is -4.44. The van der Waals surface area contributed by atoms with Crippen LogP contribution in [-0.2, 0) is 4.79 Å². The first kappa shape index (κ1) is 17.6. The van der Waals surface area contributed by atoms with Crippen molar-refractivity contribution in [2.24, 2.45) is 5.92 Å². The van der Waals surface area contributed by atoms with Crippen LogP contribution in [0.15, 0.2) is 5.16 Å². The highest BCUT2D eigenvalue weighted by molar-refractivity contribution is 7.99. The number of nitrogens with zero attached hydrogens (tertiary/aromatic N) is 4. The molecule has 1 aliphatic carbocycles. The molecule has 0 aliphatic heterocycles. The number of anilines is 2. The Morgan fingerprint density at radius 2 is 1.87 bits per heavy atom. The Bertz CT molecular complexity index is 560. The van der Waals surface area contributed by atoms with Crippen molar-refractivity contribution in [1.29, 1.82) is 0 Å². The van der Waals surface area contributed by atoms with E-state index in [0.717, 1.165) is 29.5 Å². The number of nitrogen functional groups attached to an aromatic ring is 2. The molecule has 1 atom stereocenters. The molecular formula is C12H17F3N6OS. The van der Waals surface area contributed by atoms with Crippen molar-refractivity contribution in [3.8, 4) is 0 Å². The molecule has 1 fully saturated rings. The Morgan fingerprint density at radius 3 is 2.35 bits per heavy atom. The summed E-state index contributed by atoms with van der Waals surface area (Å²) < 4.78 is 38.1. The first-order chi connectivity index (χ1) is 10.7. The van der Waals surface area contributed by atoms with Crippen molar-refractivity contribution in [3.63, 3.8) is 0 Å². The molecule has 1 amide bonds. The lowest BCUT2D eigenvalue weighted by Gasteiger charge is -2.30.